The average molecular weight is 264 g/mol. The van der Waals surface area contributed by atoms with Crippen molar-refractivity contribution in [1.29, 1.82) is 0 Å². The molecule has 1 radical (unpaired) electrons. The Morgan fingerprint density at radius 1 is 1.00 bits per heavy atom. The molecule has 0 fully saturated rings. The van der Waals surface area contributed by atoms with Crippen molar-refractivity contribution in [1.82, 2.24) is 4.90 Å². The molecule has 0 saturated heterocycles. The Balaban J connectivity index is -0.000000142. The number of aliphatic hydroxyl groups excluding tert-OH is 1. The minimum atomic E-state index is -0.167. The zero-order valence-electron chi connectivity index (χ0n) is 8.93. The maximum absolute atomic E-state index is 8.06. The molecule has 0 spiro atoms. The van der Waals surface area contributed by atoms with Gasteiger partial charge in [0.2, 0.25) is 0 Å². The molecule has 2 nitrogen and oxygen atoms in total. The smallest absolute Gasteiger partial charge is 0.0483 e. The molecule has 0 aromatic rings. The van der Waals surface area contributed by atoms with Crippen molar-refractivity contribution in [3.05, 3.63) is 0 Å². The largest absolute Gasteiger partial charge is 0.394 e. The van der Waals surface area contributed by atoms with E-state index in [1.165, 1.54) is 19.6 Å². The Bertz CT molecular complexity index is 57.3. The van der Waals surface area contributed by atoms with Gasteiger partial charge in [-0.15, -0.1) is 0 Å². The molecule has 0 bridgehead atoms. The maximum Gasteiger partial charge on any atom is 0.0483 e. The van der Waals surface area contributed by atoms with Gasteiger partial charge >= 0.3 is 0 Å². The first-order valence-electron chi connectivity index (χ1n) is 4.48. The molecule has 79 valence electrons. The number of nitrogens with zero attached hydrogens (tertiary/aromatic N) is 1. The first-order chi connectivity index (χ1) is 5.08. The summed E-state index contributed by atoms with van der Waals surface area (Å²) in [5.74, 6) is 0. The number of hydrogen-bond donors (Lipinski definition) is 1. The first-order valence-corrected chi connectivity index (χ1v) is 4.48. The van der Waals surface area contributed by atoms with Crippen LogP contribution in [0, 0.1) is 0 Å². The molecule has 0 aliphatic carbocycles. The van der Waals surface area contributed by atoms with Crippen molar-refractivity contribution in [2.24, 2.45) is 0 Å². The molecular weight excluding hydrogens is 241 g/mol. The predicted molar refractivity (Wildman–Crippen MR) is 50.8 cm³/mol. The Labute approximate surface area is 90.1 Å². The van der Waals surface area contributed by atoms with Gasteiger partial charge in [0.05, 0.1) is 0 Å². The van der Waals surface area contributed by atoms with Gasteiger partial charge in [-0.05, 0) is 33.5 Å². The summed E-state index contributed by atoms with van der Waals surface area (Å²) in [6, 6.07) is 0. The summed E-state index contributed by atoms with van der Waals surface area (Å²) in [6.07, 6.45) is -0.167. The number of rotatable bonds is 3. The summed E-state index contributed by atoms with van der Waals surface area (Å²) in [5.41, 5.74) is 0. The third-order valence-corrected chi connectivity index (χ3v) is 1.34. The normalized spacial score (nSPS) is 9.00. The van der Waals surface area contributed by atoms with E-state index in [1.54, 1.807) is 13.8 Å². The maximum atomic E-state index is 8.06. The van der Waals surface area contributed by atoms with E-state index < -0.39 is 0 Å². The van der Waals surface area contributed by atoms with Crippen LogP contribution in [0.5, 0.6) is 0 Å². The second-order valence-electron chi connectivity index (χ2n) is 2.71. The molecule has 1 N–H and O–H groups in total. The van der Waals surface area contributed by atoms with Crippen molar-refractivity contribution < 1.29 is 24.6 Å². The summed E-state index contributed by atoms with van der Waals surface area (Å²) in [5, 5.41) is 8.06. The van der Waals surface area contributed by atoms with Crippen molar-refractivity contribution in [2.45, 2.75) is 40.7 Å². The third-order valence-electron chi connectivity index (χ3n) is 1.34. The van der Waals surface area contributed by atoms with Crippen LogP contribution in [0.15, 0.2) is 0 Å². The summed E-state index contributed by atoms with van der Waals surface area (Å²) in [4.78, 5) is 2.38. The van der Waals surface area contributed by atoms with Gasteiger partial charge in [0.15, 0.2) is 0 Å². The standard InChI is InChI=1S/C6H15N.C3H8O.Rh/c1-4-7(5-2)6-3;1-3(2)4;/h4-6H2,1-3H3;3-4H,1-2H3;. The van der Waals surface area contributed by atoms with Gasteiger partial charge in [0, 0.05) is 25.6 Å². The molecule has 0 unspecified atom stereocenters. The van der Waals surface area contributed by atoms with E-state index in [0.29, 0.717) is 0 Å². The van der Waals surface area contributed by atoms with Gasteiger partial charge in [-0.1, -0.05) is 20.8 Å². The molecule has 0 heterocycles. The van der Waals surface area contributed by atoms with E-state index in [2.05, 4.69) is 25.7 Å². The van der Waals surface area contributed by atoms with E-state index in [9.17, 15) is 0 Å². The zero-order chi connectivity index (χ0) is 9.28. The van der Waals surface area contributed by atoms with Crippen LogP contribution >= 0.6 is 0 Å². The first kappa shape index (κ1) is 18.4. The quantitative estimate of drug-likeness (QED) is 0.785. The molecule has 0 aliphatic heterocycles. The SMILES string of the molecule is CC(C)O.CCN(CC)CC.[Rh]. The fourth-order valence-corrected chi connectivity index (χ4v) is 0.671. The second kappa shape index (κ2) is 14.1. The Kier molecular flexibility index (Phi) is 21.5. The van der Waals surface area contributed by atoms with Crippen LogP contribution in [-0.4, -0.2) is 35.7 Å². The Morgan fingerprint density at radius 3 is 1.17 bits per heavy atom. The van der Waals surface area contributed by atoms with Gasteiger partial charge in [0.1, 0.15) is 0 Å². The van der Waals surface area contributed by atoms with Crippen LogP contribution in [0.25, 0.3) is 0 Å². The van der Waals surface area contributed by atoms with Crippen LogP contribution < -0.4 is 0 Å². The minimum Gasteiger partial charge on any atom is -0.394 e. The Morgan fingerprint density at radius 2 is 1.17 bits per heavy atom. The molecule has 0 rings (SSSR count). The fraction of sp³-hybridized carbons (Fsp3) is 1.00. The molecule has 0 aromatic heterocycles. The van der Waals surface area contributed by atoms with E-state index in [1.807, 2.05) is 0 Å². The van der Waals surface area contributed by atoms with E-state index >= 15 is 0 Å². The van der Waals surface area contributed by atoms with Crippen molar-refractivity contribution in [2.75, 3.05) is 19.6 Å². The number of aliphatic hydroxyl groups is 1. The van der Waals surface area contributed by atoms with Crippen LogP contribution in [0.2, 0.25) is 0 Å². The molecular formula is C9H23NORh. The second-order valence-corrected chi connectivity index (χ2v) is 2.71. The Hall–Kier alpha value is 0.543. The van der Waals surface area contributed by atoms with Gasteiger partial charge in [0.25, 0.3) is 0 Å². The summed E-state index contributed by atoms with van der Waals surface area (Å²) in [6.45, 7) is 13.6. The summed E-state index contributed by atoms with van der Waals surface area (Å²) in [7, 11) is 0. The summed E-state index contributed by atoms with van der Waals surface area (Å²) >= 11 is 0. The van der Waals surface area contributed by atoms with E-state index in [-0.39, 0.29) is 25.6 Å². The van der Waals surface area contributed by atoms with Gasteiger partial charge in [-0.2, -0.15) is 0 Å². The molecule has 12 heavy (non-hydrogen) atoms. The summed E-state index contributed by atoms with van der Waals surface area (Å²) < 4.78 is 0. The molecule has 0 saturated carbocycles. The third kappa shape index (κ3) is 22.4. The fourth-order valence-electron chi connectivity index (χ4n) is 0.671. The van der Waals surface area contributed by atoms with Crippen LogP contribution in [0.1, 0.15) is 34.6 Å². The van der Waals surface area contributed by atoms with Crippen LogP contribution in [-0.2, 0) is 19.5 Å². The monoisotopic (exact) mass is 264 g/mol. The topological polar surface area (TPSA) is 23.5 Å². The zero-order valence-corrected chi connectivity index (χ0v) is 10.6. The van der Waals surface area contributed by atoms with Crippen LogP contribution in [0.3, 0.4) is 0 Å². The molecule has 0 aliphatic rings. The van der Waals surface area contributed by atoms with E-state index in [4.69, 9.17) is 5.11 Å². The van der Waals surface area contributed by atoms with Gasteiger partial charge in [-0.25, -0.2) is 0 Å². The van der Waals surface area contributed by atoms with E-state index in [0.717, 1.165) is 0 Å². The van der Waals surface area contributed by atoms with Crippen molar-refractivity contribution in [3.63, 3.8) is 0 Å². The van der Waals surface area contributed by atoms with Gasteiger partial charge < -0.3 is 10.0 Å². The number of hydrogen-bond acceptors (Lipinski definition) is 2. The van der Waals surface area contributed by atoms with Crippen molar-refractivity contribution in [3.8, 4) is 0 Å². The van der Waals surface area contributed by atoms with Crippen molar-refractivity contribution >= 4 is 0 Å². The molecule has 0 atom stereocenters. The molecule has 0 amide bonds. The van der Waals surface area contributed by atoms with Crippen LogP contribution in [0.4, 0.5) is 0 Å². The molecule has 3 heteroatoms. The minimum absolute atomic E-state index is 0. The predicted octanol–water partition coefficient (Wildman–Crippen LogP) is 1.73. The molecule has 0 aromatic carbocycles. The average Bonchev–Trinajstić information content (AvgIpc) is 1.90. The van der Waals surface area contributed by atoms with Gasteiger partial charge in [-0.3, -0.25) is 0 Å².